The summed E-state index contributed by atoms with van der Waals surface area (Å²) in [5.41, 5.74) is 1.29. The summed E-state index contributed by atoms with van der Waals surface area (Å²) < 4.78 is 20.1. The highest BCUT2D eigenvalue weighted by atomic mass is 79.9. The van der Waals surface area contributed by atoms with Gasteiger partial charge in [-0.2, -0.15) is 0 Å². The maximum Gasteiger partial charge on any atom is 0.410 e. The van der Waals surface area contributed by atoms with E-state index in [-0.39, 0.29) is 23.2 Å². The van der Waals surface area contributed by atoms with E-state index in [1.807, 2.05) is 45.0 Å². The molecule has 2 aromatic carbocycles. The Balaban J connectivity index is 1.97. The van der Waals surface area contributed by atoms with Crippen LogP contribution in [0.5, 0.6) is 0 Å². The fourth-order valence-corrected chi connectivity index (χ4v) is 4.01. The summed E-state index contributed by atoms with van der Waals surface area (Å²) in [6.07, 6.45) is -0.310. The Kier molecular flexibility index (Phi) is 5.35. The summed E-state index contributed by atoms with van der Waals surface area (Å²) >= 11 is 3.48. The maximum absolute atomic E-state index is 13.5. The summed E-state index contributed by atoms with van der Waals surface area (Å²) in [5.74, 6) is -0.173. The van der Waals surface area contributed by atoms with Crippen LogP contribution in [0.1, 0.15) is 44.7 Å². The molecule has 2 unspecified atom stereocenters. The van der Waals surface area contributed by atoms with Crippen LogP contribution in [-0.2, 0) is 10.2 Å². The van der Waals surface area contributed by atoms with Gasteiger partial charge in [0.1, 0.15) is 11.4 Å². The predicted octanol–water partition coefficient (Wildman–Crippen LogP) is 5.88. The third-order valence-electron chi connectivity index (χ3n) is 5.12. The molecule has 1 saturated heterocycles. The Morgan fingerprint density at radius 2 is 1.74 bits per heavy atom. The van der Waals surface area contributed by atoms with Crippen molar-refractivity contribution in [3.63, 3.8) is 0 Å². The number of hydrogen-bond acceptors (Lipinski definition) is 2. The predicted molar refractivity (Wildman–Crippen MR) is 108 cm³/mol. The zero-order valence-electron chi connectivity index (χ0n) is 16.1. The van der Waals surface area contributed by atoms with Gasteiger partial charge in [0.25, 0.3) is 0 Å². The van der Waals surface area contributed by atoms with Crippen LogP contribution in [0.15, 0.2) is 53.0 Å². The highest BCUT2D eigenvalue weighted by Crippen LogP contribution is 2.45. The van der Waals surface area contributed by atoms with E-state index < -0.39 is 5.60 Å². The SMILES string of the molecule is CC(C)(C)OC(=O)N1CC(c2ccc(Br)cc2)C(C)(c2ccc(F)cc2)C1. The second-order valence-corrected chi connectivity index (χ2v) is 9.31. The summed E-state index contributed by atoms with van der Waals surface area (Å²) in [6, 6.07) is 14.8. The maximum atomic E-state index is 13.5. The second-order valence-electron chi connectivity index (χ2n) is 8.39. The number of hydrogen-bond donors (Lipinski definition) is 0. The third kappa shape index (κ3) is 4.34. The van der Waals surface area contributed by atoms with Gasteiger partial charge in [0.2, 0.25) is 0 Å². The first-order valence-corrected chi connectivity index (χ1v) is 9.87. The molecule has 1 aliphatic rings. The lowest BCUT2D eigenvalue weighted by Crippen LogP contribution is -2.37. The Hall–Kier alpha value is -1.88. The summed E-state index contributed by atoms with van der Waals surface area (Å²) in [5, 5.41) is 0. The van der Waals surface area contributed by atoms with Gasteiger partial charge >= 0.3 is 6.09 Å². The van der Waals surface area contributed by atoms with Gasteiger partial charge in [-0.3, -0.25) is 0 Å². The number of amides is 1. The monoisotopic (exact) mass is 433 g/mol. The highest BCUT2D eigenvalue weighted by Gasteiger charge is 2.47. The van der Waals surface area contributed by atoms with Crippen molar-refractivity contribution < 1.29 is 13.9 Å². The Morgan fingerprint density at radius 1 is 1.15 bits per heavy atom. The number of rotatable bonds is 2. The first-order chi connectivity index (χ1) is 12.6. The first kappa shape index (κ1) is 19.9. The van der Waals surface area contributed by atoms with E-state index in [9.17, 15) is 9.18 Å². The van der Waals surface area contributed by atoms with Crippen LogP contribution in [-0.4, -0.2) is 29.7 Å². The minimum absolute atomic E-state index is 0.0866. The van der Waals surface area contributed by atoms with Crippen LogP contribution < -0.4 is 0 Å². The van der Waals surface area contributed by atoms with Gasteiger partial charge in [0.05, 0.1) is 0 Å². The molecule has 0 aliphatic carbocycles. The van der Waals surface area contributed by atoms with Gasteiger partial charge < -0.3 is 9.64 Å². The van der Waals surface area contributed by atoms with E-state index in [1.54, 1.807) is 4.90 Å². The molecule has 0 N–H and O–H groups in total. The van der Waals surface area contributed by atoms with E-state index in [2.05, 4.69) is 35.0 Å². The average Bonchev–Trinajstić information content (AvgIpc) is 2.94. The highest BCUT2D eigenvalue weighted by molar-refractivity contribution is 9.10. The quantitative estimate of drug-likeness (QED) is 0.591. The van der Waals surface area contributed by atoms with Crippen molar-refractivity contribution >= 4 is 22.0 Å². The van der Waals surface area contributed by atoms with Gasteiger partial charge in [-0.05, 0) is 56.2 Å². The van der Waals surface area contributed by atoms with Crippen LogP contribution in [0, 0.1) is 5.82 Å². The van der Waals surface area contributed by atoms with Crippen molar-refractivity contribution in [3.8, 4) is 0 Å². The molecule has 3 nitrogen and oxygen atoms in total. The molecule has 0 radical (unpaired) electrons. The van der Waals surface area contributed by atoms with Crippen LogP contribution in [0.25, 0.3) is 0 Å². The topological polar surface area (TPSA) is 29.5 Å². The van der Waals surface area contributed by atoms with E-state index in [0.29, 0.717) is 13.1 Å². The molecule has 1 aliphatic heterocycles. The molecular formula is C22H25BrFNO2. The van der Waals surface area contributed by atoms with Crippen LogP contribution in [0.4, 0.5) is 9.18 Å². The van der Waals surface area contributed by atoms with Crippen molar-refractivity contribution in [2.45, 2.75) is 44.6 Å². The molecule has 2 aromatic rings. The van der Waals surface area contributed by atoms with Gasteiger partial charge in [-0.25, -0.2) is 9.18 Å². The number of likely N-dealkylation sites (tertiary alicyclic amines) is 1. The molecule has 0 bridgehead atoms. The normalized spacial score (nSPS) is 22.7. The van der Waals surface area contributed by atoms with Crippen molar-refractivity contribution in [3.05, 3.63) is 69.9 Å². The summed E-state index contributed by atoms with van der Waals surface area (Å²) in [6.45, 7) is 8.82. The lowest BCUT2D eigenvalue weighted by Gasteiger charge is -2.31. The molecule has 27 heavy (non-hydrogen) atoms. The Labute approximate surface area is 168 Å². The lowest BCUT2D eigenvalue weighted by molar-refractivity contribution is 0.0284. The minimum atomic E-state index is -0.543. The summed E-state index contributed by atoms with van der Waals surface area (Å²) in [4.78, 5) is 14.5. The standard InChI is InChI=1S/C22H25BrFNO2/c1-21(2,3)27-20(26)25-13-19(15-5-9-17(23)10-6-15)22(4,14-25)16-7-11-18(24)12-8-16/h5-12,19H,13-14H2,1-4H3. The zero-order chi connectivity index (χ0) is 19.8. The average molecular weight is 434 g/mol. The van der Waals surface area contributed by atoms with Crippen molar-refractivity contribution in [2.24, 2.45) is 0 Å². The molecule has 144 valence electrons. The Bertz CT molecular complexity index is 814. The van der Waals surface area contributed by atoms with Gasteiger partial charge in [0, 0.05) is 28.9 Å². The number of carbonyl (C=O) groups is 1. The number of carbonyl (C=O) groups excluding carboxylic acids is 1. The smallest absolute Gasteiger partial charge is 0.410 e. The van der Waals surface area contributed by atoms with Crippen molar-refractivity contribution in [2.75, 3.05) is 13.1 Å². The molecule has 1 fully saturated rings. The Morgan fingerprint density at radius 3 is 2.30 bits per heavy atom. The number of halogens is 2. The minimum Gasteiger partial charge on any atom is -0.444 e. The van der Waals surface area contributed by atoms with Crippen molar-refractivity contribution in [1.82, 2.24) is 4.90 Å². The first-order valence-electron chi connectivity index (χ1n) is 9.08. The molecular weight excluding hydrogens is 409 g/mol. The molecule has 3 rings (SSSR count). The van der Waals surface area contributed by atoms with E-state index in [1.165, 1.54) is 12.1 Å². The summed E-state index contributed by atoms with van der Waals surface area (Å²) in [7, 11) is 0. The largest absolute Gasteiger partial charge is 0.444 e. The molecule has 2 atom stereocenters. The number of benzene rings is 2. The zero-order valence-corrected chi connectivity index (χ0v) is 17.7. The van der Waals surface area contributed by atoms with Gasteiger partial charge in [0.15, 0.2) is 0 Å². The van der Waals surface area contributed by atoms with E-state index in [0.717, 1.165) is 15.6 Å². The third-order valence-corrected chi connectivity index (χ3v) is 5.65. The fourth-order valence-electron chi connectivity index (χ4n) is 3.75. The van der Waals surface area contributed by atoms with Crippen molar-refractivity contribution in [1.29, 1.82) is 0 Å². The van der Waals surface area contributed by atoms with E-state index in [4.69, 9.17) is 4.74 Å². The van der Waals surface area contributed by atoms with Crippen LogP contribution in [0.2, 0.25) is 0 Å². The number of ether oxygens (including phenoxy) is 1. The second kappa shape index (κ2) is 7.27. The van der Waals surface area contributed by atoms with E-state index >= 15 is 0 Å². The lowest BCUT2D eigenvalue weighted by atomic mass is 9.71. The van der Waals surface area contributed by atoms with Crippen LogP contribution >= 0.6 is 15.9 Å². The molecule has 5 heteroatoms. The molecule has 0 aromatic heterocycles. The fraction of sp³-hybridized carbons (Fsp3) is 0.409. The van der Waals surface area contributed by atoms with Crippen LogP contribution in [0.3, 0.4) is 0 Å². The molecule has 1 heterocycles. The molecule has 1 amide bonds. The molecule has 0 spiro atoms. The number of nitrogens with zero attached hydrogens (tertiary/aromatic N) is 1. The molecule has 0 saturated carbocycles. The van der Waals surface area contributed by atoms with Gasteiger partial charge in [-0.1, -0.05) is 47.1 Å². The van der Waals surface area contributed by atoms with Gasteiger partial charge in [-0.15, -0.1) is 0 Å².